The highest BCUT2D eigenvalue weighted by molar-refractivity contribution is 7.89. The summed E-state index contributed by atoms with van der Waals surface area (Å²) in [7, 11) is -3.85. The van der Waals surface area contributed by atoms with E-state index in [4.69, 9.17) is 4.42 Å². The van der Waals surface area contributed by atoms with Gasteiger partial charge in [-0.2, -0.15) is 4.31 Å². The first kappa shape index (κ1) is 20.2. The van der Waals surface area contributed by atoms with Gasteiger partial charge in [0.1, 0.15) is 4.90 Å². The lowest BCUT2D eigenvalue weighted by Gasteiger charge is -2.24. The summed E-state index contributed by atoms with van der Waals surface area (Å²) in [6.07, 6.45) is 1.67. The van der Waals surface area contributed by atoms with Gasteiger partial charge in [0, 0.05) is 23.2 Å². The van der Waals surface area contributed by atoms with Crippen LogP contribution in [0, 0.1) is 6.92 Å². The smallest absolute Gasteiger partial charge is 0.247 e. The Balaban J connectivity index is 1.71. The predicted octanol–water partition coefficient (Wildman–Crippen LogP) is 4.19. The van der Waals surface area contributed by atoms with E-state index in [-0.39, 0.29) is 23.4 Å². The van der Waals surface area contributed by atoms with E-state index in [2.05, 4.69) is 15.2 Å². The molecule has 0 N–H and O–H groups in total. The maximum atomic E-state index is 13.5. The third kappa shape index (κ3) is 3.83. The van der Waals surface area contributed by atoms with Crippen molar-refractivity contribution in [3.8, 4) is 11.5 Å². The van der Waals surface area contributed by atoms with Crippen LogP contribution in [0.25, 0.3) is 22.4 Å². The third-order valence-corrected chi connectivity index (χ3v) is 6.81. The van der Waals surface area contributed by atoms with Gasteiger partial charge in [-0.3, -0.25) is 4.98 Å². The molecule has 2 heterocycles. The number of pyridine rings is 1. The van der Waals surface area contributed by atoms with Crippen molar-refractivity contribution in [3.63, 3.8) is 0 Å². The van der Waals surface area contributed by atoms with E-state index in [0.717, 1.165) is 16.5 Å². The number of para-hydroxylation sites is 1. The maximum Gasteiger partial charge on any atom is 0.247 e. The highest BCUT2D eigenvalue weighted by Crippen LogP contribution is 2.27. The van der Waals surface area contributed by atoms with Gasteiger partial charge in [0.2, 0.25) is 21.8 Å². The number of hydrogen-bond donors (Lipinski definition) is 0. The van der Waals surface area contributed by atoms with Crippen LogP contribution in [-0.4, -0.2) is 33.9 Å². The van der Waals surface area contributed by atoms with Gasteiger partial charge in [0.25, 0.3) is 0 Å². The topological polar surface area (TPSA) is 89.2 Å². The minimum Gasteiger partial charge on any atom is -0.419 e. The van der Waals surface area contributed by atoms with Gasteiger partial charge < -0.3 is 4.42 Å². The molecule has 0 fully saturated rings. The zero-order chi connectivity index (χ0) is 21.3. The predicted molar refractivity (Wildman–Crippen MR) is 114 cm³/mol. The summed E-state index contributed by atoms with van der Waals surface area (Å²) >= 11 is 0. The van der Waals surface area contributed by atoms with E-state index in [1.807, 2.05) is 63.2 Å². The second kappa shape index (κ2) is 7.97. The molecule has 0 amide bonds. The van der Waals surface area contributed by atoms with Gasteiger partial charge in [0.05, 0.1) is 12.1 Å². The Morgan fingerprint density at radius 1 is 1.03 bits per heavy atom. The van der Waals surface area contributed by atoms with Crippen molar-refractivity contribution >= 4 is 20.9 Å². The van der Waals surface area contributed by atoms with Crippen LogP contribution in [0.4, 0.5) is 0 Å². The molecule has 0 atom stereocenters. The molecule has 2 aromatic heterocycles. The molecule has 4 rings (SSSR count). The Morgan fingerprint density at radius 2 is 1.80 bits per heavy atom. The van der Waals surface area contributed by atoms with Crippen LogP contribution in [-0.2, 0) is 16.6 Å². The van der Waals surface area contributed by atoms with Crippen molar-refractivity contribution in [1.29, 1.82) is 0 Å². The minimum atomic E-state index is -3.85. The number of fused-ring (bicyclic) bond motifs is 1. The first-order valence-electron chi connectivity index (χ1n) is 9.61. The van der Waals surface area contributed by atoms with Gasteiger partial charge in [-0.25, -0.2) is 8.42 Å². The summed E-state index contributed by atoms with van der Waals surface area (Å²) in [5, 5.41) is 8.90. The van der Waals surface area contributed by atoms with Crippen LogP contribution >= 0.6 is 0 Å². The van der Waals surface area contributed by atoms with Crippen molar-refractivity contribution < 1.29 is 12.8 Å². The van der Waals surface area contributed by atoms with E-state index < -0.39 is 10.0 Å². The number of aromatic nitrogens is 3. The maximum absolute atomic E-state index is 13.5. The van der Waals surface area contributed by atoms with Crippen molar-refractivity contribution in [3.05, 3.63) is 72.2 Å². The second-order valence-electron chi connectivity index (χ2n) is 7.35. The molecule has 0 spiro atoms. The Kier molecular flexibility index (Phi) is 5.36. The number of rotatable bonds is 6. The minimum absolute atomic E-state index is 0.0257. The lowest BCUT2D eigenvalue weighted by atomic mass is 10.2. The van der Waals surface area contributed by atoms with Crippen LogP contribution in [0.15, 0.2) is 70.1 Å². The Bertz CT molecular complexity index is 1280. The molecule has 0 bridgehead atoms. The van der Waals surface area contributed by atoms with Gasteiger partial charge in [0.15, 0.2) is 0 Å². The fraction of sp³-hybridized carbons (Fsp3) is 0.227. The van der Waals surface area contributed by atoms with Gasteiger partial charge >= 0.3 is 0 Å². The van der Waals surface area contributed by atoms with E-state index in [0.29, 0.717) is 11.4 Å². The summed E-state index contributed by atoms with van der Waals surface area (Å²) in [6, 6.07) is 16.1. The molecule has 0 radical (unpaired) electrons. The summed E-state index contributed by atoms with van der Waals surface area (Å²) < 4.78 is 34.2. The Morgan fingerprint density at radius 3 is 2.53 bits per heavy atom. The van der Waals surface area contributed by atoms with E-state index in [1.54, 1.807) is 18.3 Å². The van der Waals surface area contributed by atoms with Gasteiger partial charge in [-0.05, 0) is 50.6 Å². The SMILES string of the molecule is Cc1cnc2c(S(=O)(=O)N(Cc3nnc(-c4ccccc4)o3)C(C)C)cccc2c1. The summed E-state index contributed by atoms with van der Waals surface area (Å²) in [5.41, 5.74) is 2.20. The average molecular weight is 423 g/mol. The number of hydrogen-bond acceptors (Lipinski definition) is 6. The van der Waals surface area contributed by atoms with Crippen molar-refractivity contribution in [1.82, 2.24) is 19.5 Å². The monoisotopic (exact) mass is 422 g/mol. The zero-order valence-corrected chi connectivity index (χ0v) is 17.8. The lowest BCUT2D eigenvalue weighted by Crippen LogP contribution is -2.36. The molecule has 2 aromatic carbocycles. The summed E-state index contributed by atoms with van der Waals surface area (Å²) in [6.45, 7) is 5.53. The molecule has 8 heteroatoms. The van der Waals surface area contributed by atoms with Gasteiger partial charge in [-0.15, -0.1) is 10.2 Å². The fourth-order valence-corrected chi connectivity index (χ4v) is 5.02. The number of sulfonamides is 1. The molecule has 30 heavy (non-hydrogen) atoms. The van der Waals surface area contributed by atoms with E-state index >= 15 is 0 Å². The van der Waals surface area contributed by atoms with Crippen molar-refractivity contribution in [2.24, 2.45) is 0 Å². The summed E-state index contributed by atoms with van der Waals surface area (Å²) in [4.78, 5) is 4.55. The molecular weight excluding hydrogens is 400 g/mol. The third-order valence-electron chi connectivity index (χ3n) is 4.75. The number of nitrogens with zero attached hydrogens (tertiary/aromatic N) is 4. The molecule has 0 unspecified atom stereocenters. The molecule has 154 valence electrons. The average Bonchev–Trinajstić information content (AvgIpc) is 3.20. The number of benzene rings is 2. The van der Waals surface area contributed by atoms with Crippen LogP contribution in [0.2, 0.25) is 0 Å². The van der Waals surface area contributed by atoms with Crippen molar-refractivity contribution in [2.45, 2.75) is 38.3 Å². The van der Waals surface area contributed by atoms with Crippen molar-refractivity contribution in [2.75, 3.05) is 0 Å². The molecule has 0 saturated carbocycles. The number of aryl methyl sites for hydroxylation is 1. The Labute approximate surface area is 175 Å². The molecule has 0 aliphatic carbocycles. The first-order chi connectivity index (χ1) is 14.4. The Hall–Kier alpha value is -3.10. The molecule has 0 aliphatic rings. The quantitative estimate of drug-likeness (QED) is 0.463. The standard InChI is InChI=1S/C22H22N4O3S/c1-15(2)26(14-20-24-25-22(29-20)17-8-5-4-6-9-17)30(27,28)19-11-7-10-18-12-16(3)13-23-21(18)19/h4-13,15H,14H2,1-3H3. The van der Waals surface area contributed by atoms with E-state index in [1.165, 1.54) is 4.31 Å². The van der Waals surface area contributed by atoms with Crippen LogP contribution < -0.4 is 0 Å². The van der Waals surface area contributed by atoms with E-state index in [9.17, 15) is 8.42 Å². The molecular formula is C22H22N4O3S. The van der Waals surface area contributed by atoms with Crippen LogP contribution in [0.1, 0.15) is 25.3 Å². The lowest BCUT2D eigenvalue weighted by molar-refractivity contribution is 0.313. The fourth-order valence-electron chi connectivity index (χ4n) is 3.27. The highest BCUT2D eigenvalue weighted by atomic mass is 32.2. The largest absolute Gasteiger partial charge is 0.419 e. The zero-order valence-electron chi connectivity index (χ0n) is 17.0. The highest BCUT2D eigenvalue weighted by Gasteiger charge is 2.31. The normalized spacial score (nSPS) is 12.2. The summed E-state index contributed by atoms with van der Waals surface area (Å²) in [5.74, 6) is 0.587. The first-order valence-corrected chi connectivity index (χ1v) is 11.1. The molecule has 0 aliphatic heterocycles. The van der Waals surface area contributed by atoms with Crippen LogP contribution in [0.3, 0.4) is 0 Å². The van der Waals surface area contributed by atoms with Gasteiger partial charge in [-0.1, -0.05) is 30.3 Å². The molecule has 4 aromatic rings. The molecule has 0 saturated heterocycles. The second-order valence-corrected chi connectivity index (χ2v) is 9.21. The molecule has 7 nitrogen and oxygen atoms in total. The van der Waals surface area contributed by atoms with Crippen LogP contribution in [0.5, 0.6) is 0 Å².